The van der Waals surface area contributed by atoms with Gasteiger partial charge in [0, 0.05) is 104 Å². The maximum Gasteiger partial charge on any atom is 0.488 e. The lowest BCUT2D eigenvalue weighted by Gasteiger charge is -2.45. The van der Waals surface area contributed by atoms with Crippen molar-refractivity contribution >= 4 is 103 Å². The second-order valence-electron chi connectivity index (χ2n) is 19.7. The van der Waals surface area contributed by atoms with Crippen LogP contribution in [0.15, 0.2) is 0 Å². The van der Waals surface area contributed by atoms with Crippen molar-refractivity contribution in [2.24, 2.45) is 0 Å². The zero-order valence-corrected chi connectivity index (χ0v) is 59.6. The SMILES string of the molecule is CCO[SiH](C)C.CO[Si](C)(C)C.CO[Si](C)(C)C[Si](C)(C)OC.CO[Si](C)(C)O[Si](C)(C)C.CO[Si](C)(C)O[Si](C)(OC)OC.CO[Si]1(C)O[Si](C)(C)O[Si](C)(OC)O[Si](C)(OC)O1. The molecule has 1 rings (SSSR count). The van der Waals surface area contributed by atoms with Crippen molar-refractivity contribution in [2.45, 2.75) is 157 Å². The fraction of sp³-hybridized carbons (Fsp3) is 1.00. The van der Waals surface area contributed by atoms with Gasteiger partial charge in [0.25, 0.3) is 0 Å². The Morgan fingerprint density at radius 2 is 0.703 bits per heavy atom. The Morgan fingerprint density at radius 3 is 0.875 bits per heavy atom. The van der Waals surface area contributed by atoms with Gasteiger partial charge in [-0.25, -0.2) is 0 Å². The van der Waals surface area contributed by atoms with Gasteiger partial charge in [0.15, 0.2) is 42.3 Å². The molecule has 0 bridgehead atoms. The number of hydrogen-bond acceptors (Lipinski definition) is 17. The van der Waals surface area contributed by atoms with Gasteiger partial charge in [0.05, 0.1) is 0 Å². The van der Waals surface area contributed by atoms with Crippen LogP contribution in [0.3, 0.4) is 0 Å². The second kappa shape index (κ2) is 32.8. The maximum absolute atomic E-state index is 6.05. The largest absolute Gasteiger partial charge is 0.488 e. The van der Waals surface area contributed by atoms with Gasteiger partial charge < -0.3 is 73.4 Å². The molecule has 0 aliphatic carbocycles. The highest BCUT2D eigenvalue weighted by Crippen LogP contribution is 2.31. The smallest absolute Gasteiger partial charge is 0.436 e. The van der Waals surface area contributed by atoms with E-state index < -0.39 is 103 Å². The summed E-state index contributed by atoms with van der Waals surface area (Å²) in [6, 6.07) is 0. The highest BCUT2D eigenvalue weighted by atomic mass is 28.5. The molecule has 0 amide bonds. The van der Waals surface area contributed by atoms with Crippen LogP contribution in [0.2, 0.25) is 150 Å². The average molecular weight is 1130 g/mol. The van der Waals surface area contributed by atoms with Gasteiger partial charge in [0.2, 0.25) is 0 Å². The lowest BCUT2D eigenvalue weighted by Crippen LogP contribution is -2.68. The molecule has 0 aromatic rings. The van der Waals surface area contributed by atoms with Crippen molar-refractivity contribution in [1.29, 1.82) is 0 Å². The van der Waals surface area contributed by atoms with Crippen molar-refractivity contribution in [2.75, 3.05) is 77.7 Å². The van der Waals surface area contributed by atoms with Gasteiger partial charge in [-0.2, -0.15) is 0 Å². The number of rotatable bonds is 18. The van der Waals surface area contributed by atoms with Crippen molar-refractivity contribution in [3.8, 4) is 0 Å². The van der Waals surface area contributed by atoms with Crippen molar-refractivity contribution in [3.05, 3.63) is 0 Å². The van der Waals surface area contributed by atoms with Crippen molar-refractivity contribution < 1.29 is 73.4 Å². The van der Waals surface area contributed by atoms with Gasteiger partial charge in [-0.05, 0) is 130 Å². The predicted octanol–water partition coefficient (Wildman–Crippen LogP) is 9.51. The van der Waals surface area contributed by atoms with E-state index in [-0.39, 0.29) is 0 Å². The zero-order chi connectivity index (χ0) is 52.5. The lowest BCUT2D eigenvalue weighted by molar-refractivity contribution is 0.0750. The highest BCUT2D eigenvalue weighted by molar-refractivity contribution is 6.90. The summed E-state index contributed by atoms with van der Waals surface area (Å²) in [6.07, 6.45) is 0. The second-order valence-corrected chi connectivity index (χ2v) is 63.3. The van der Waals surface area contributed by atoms with Crippen LogP contribution in [0, 0.1) is 0 Å². The average Bonchev–Trinajstić information content (AvgIpc) is 3.13. The van der Waals surface area contributed by atoms with Crippen LogP contribution in [0.25, 0.3) is 0 Å². The zero-order valence-electron chi connectivity index (χ0n) is 47.4. The van der Waals surface area contributed by atoms with Crippen LogP contribution in [0.5, 0.6) is 0 Å². The summed E-state index contributed by atoms with van der Waals surface area (Å²) in [6.45, 7) is 48.4. The molecule has 1 aliphatic heterocycles. The molecule has 64 heavy (non-hydrogen) atoms. The molecule has 1 aliphatic rings. The molecule has 0 spiro atoms. The Kier molecular flexibility index (Phi) is 38.4. The molecule has 2 unspecified atom stereocenters. The van der Waals surface area contributed by atoms with Crippen molar-refractivity contribution in [1.82, 2.24) is 0 Å². The standard InChI is InChI=1S/C8H24O7Si4.C7H20O2Si2.C6H18O4Si2.C6H18O2Si2.2C4H12OSi/c1-9-17(6)12-16(4,5)13-18(7,10-2)15-19(8,11-3)14-17;1-8-10(3,4)7-11(5,6)9-2;1-7-11(4,5)10-12(6,8-2)9-3;1-7-10(5,6)8-9(2,3)4;1-5-6(2,3)4;1-4-5-6(2)3/h1-8H3;7H2,1-6H3;1-6H3;1-6H3;1-4H3;6H,4H2,1-3H3. The van der Waals surface area contributed by atoms with Gasteiger partial charge in [-0.1, -0.05) is 0 Å². The predicted molar refractivity (Wildman–Crippen MR) is 292 cm³/mol. The molecule has 0 N–H and O–H groups in total. The minimum Gasteiger partial charge on any atom is -0.436 e. The van der Waals surface area contributed by atoms with E-state index >= 15 is 0 Å². The Morgan fingerprint density at radius 1 is 0.406 bits per heavy atom. The minimum atomic E-state index is -2.92. The molecular formula is C35H104O17Si12. The van der Waals surface area contributed by atoms with E-state index in [1.165, 1.54) is 5.67 Å². The van der Waals surface area contributed by atoms with Gasteiger partial charge in [-0.15, -0.1) is 0 Å². The van der Waals surface area contributed by atoms with Crippen LogP contribution < -0.4 is 0 Å². The first-order chi connectivity index (χ1) is 28.3. The van der Waals surface area contributed by atoms with Crippen molar-refractivity contribution in [3.63, 3.8) is 0 Å². The third kappa shape index (κ3) is 42.8. The molecular weight excluding hydrogens is 1030 g/mol. The van der Waals surface area contributed by atoms with Crippen LogP contribution in [-0.4, -0.2) is 181 Å². The summed E-state index contributed by atoms with van der Waals surface area (Å²) >= 11 is 0. The molecule has 1 fully saturated rings. The molecule has 0 aromatic carbocycles. The fourth-order valence-electron chi connectivity index (χ4n) is 4.84. The van der Waals surface area contributed by atoms with E-state index in [9.17, 15) is 0 Å². The third-order valence-electron chi connectivity index (χ3n) is 8.49. The summed E-state index contributed by atoms with van der Waals surface area (Å²) in [4.78, 5) is 0. The molecule has 2 atom stereocenters. The van der Waals surface area contributed by atoms with E-state index in [0.717, 1.165) is 6.61 Å². The van der Waals surface area contributed by atoms with E-state index in [0.29, 0.717) is 0 Å². The van der Waals surface area contributed by atoms with Crippen LogP contribution in [-0.2, 0) is 73.4 Å². The summed E-state index contributed by atoms with van der Waals surface area (Å²) in [5.74, 6) is 0. The fourth-order valence-corrected chi connectivity index (χ4v) is 42.5. The molecule has 0 aromatic heterocycles. The molecule has 1 heterocycles. The summed E-state index contributed by atoms with van der Waals surface area (Å²) < 4.78 is 94.0. The quantitative estimate of drug-likeness (QED) is 0.119. The van der Waals surface area contributed by atoms with Gasteiger partial charge >= 0.3 is 60.9 Å². The normalized spacial score (nSPS) is 22.0. The minimum absolute atomic E-state index is 0.671. The lowest BCUT2D eigenvalue weighted by atomic mass is 10.9. The van der Waals surface area contributed by atoms with E-state index in [1.54, 1.807) is 63.4 Å². The maximum atomic E-state index is 6.05. The van der Waals surface area contributed by atoms with Crippen LogP contribution in [0.1, 0.15) is 6.92 Å². The van der Waals surface area contributed by atoms with E-state index in [1.807, 2.05) is 67.0 Å². The first-order valence-electron chi connectivity index (χ1n) is 21.7. The van der Waals surface area contributed by atoms with Crippen LogP contribution >= 0.6 is 0 Å². The summed E-state index contributed by atoms with van der Waals surface area (Å²) in [7, 11) is -6.64. The topological polar surface area (TPSA) is 157 Å². The monoisotopic (exact) mass is 1130 g/mol. The first-order valence-corrected chi connectivity index (χ1v) is 54.8. The van der Waals surface area contributed by atoms with E-state index in [2.05, 4.69) is 91.7 Å². The Bertz CT molecular complexity index is 1140. The van der Waals surface area contributed by atoms with Gasteiger partial charge in [-0.3, -0.25) is 0 Å². The third-order valence-corrected chi connectivity index (χ3v) is 46.1. The first kappa shape index (κ1) is 74.9. The number of hydrogen-bond donors (Lipinski definition) is 0. The summed E-state index contributed by atoms with van der Waals surface area (Å²) in [5.41, 5.74) is 1.17. The summed E-state index contributed by atoms with van der Waals surface area (Å²) in [5, 5.41) is 0. The van der Waals surface area contributed by atoms with Crippen LogP contribution in [0.4, 0.5) is 0 Å². The van der Waals surface area contributed by atoms with Gasteiger partial charge in [0.1, 0.15) is 0 Å². The molecule has 0 radical (unpaired) electrons. The Balaban J connectivity index is -0.000000228. The Labute approximate surface area is 408 Å². The molecule has 29 heteroatoms. The Hall–Kier alpha value is 1.92. The molecule has 0 saturated carbocycles. The molecule has 1 saturated heterocycles. The molecule has 17 nitrogen and oxygen atoms in total. The van der Waals surface area contributed by atoms with E-state index in [4.69, 9.17) is 73.4 Å². The highest BCUT2D eigenvalue weighted by Gasteiger charge is 2.59. The molecule has 394 valence electrons.